The van der Waals surface area contributed by atoms with Gasteiger partial charge in [-0.15, -0.1) is 0 Å². The van der Waals surface area contributed by atoms with Crippen molar-refractivity contribution in [3.8, 4) is 0 Å². The van der Waals surface area contributed by atoms with Crippen molar-refractivity contribution in [2.75, 3.05) is 17.2 Å². The first-order valence-corrected chi connectivity index (χ1v) is 7.65. The van der Waals surface area contributed by atoms with Crippen molar-refractivity contribution in [1.29, 1.82) is 0 Å². The SMILES string of the molecule is CCCCNc1cc(C)nc(Nc2cc(Cl)ccc2Cl)n1. The average Bonchev–Trinajstić information content (AvgIpc) is 2.43. The van der Waals surface area contributed by atoms with E-state index in [9.17, 15) is 0 Å². The molecule has 1 heterocycles. The molecule has 2 rings (SSSR count). The zero-order valence-corrected chi connectivity index (χ0v) is 13.6. The Balaban J connectivity index is 2.17. The number of rotatable bonds is 6. The molecular weight excluding hydrogens is 307 g/mol. The Hall–Kier alpha value is -1.52. The second kappa shape index (κ2) is 7.48. The summed E-state index contributed by atoms with van der Waals surface area (Å²) in [5.74, 6) is 1.30. The van der Waals surface area contributed by atoms with E-state index < -0.39 is 0 Å². The van der Waals surface area contributed by atoms with Gasteiger partial charge in [-0.25, -0.2) is 4.98 Å². The predicted octanol–water partition coefficient (Wildman–Crippen LogP) is 5.05. The maximum absolute atomic E-state index is 6.14. The zero-order chi connectivity index (χ0) is 15.2. The summed E-state index contributed by atoms with van der Waals surface area (Å²) in [7, 11) is 0. The second-order valence-corrected chi connectivity index (χ2v) is 5.59. The molecule has 0 fully saturated rings. The molecule has 1 aromatic heterocycles. The lowest BCUT2D eigenvalue weighted by Crippen LogP contribution is -2.06. The number of hydrogen-bond acceptors (Lipinski definition) is 4. The van der Waals surface area contributed by atoms with E-state index in [4.69, 9.17) is 23.2 Å². The number of benzene rings is 1. The monoisotopic (exact) mass is 324 g/mol. The topological polar surface area (TPSA) is 49.8 Å². The summed E-state index contributed by atoms with van der Waals surface area (Å²) in [6.45, 7) is 4.97. The fourth-order valence-electron chi connectivity index (χ4n) is 1.82. The number of aryl methyl sites for hydroxylation is 1. The van der Waals surface area contributed by atoms with E-state index in [0.717, 1.165) is 30.9 Å². The van der Waals surface area contributed by atoms with Crippen molar-refractivity contribution >= 4 is 40.7 Å². The molecule has 0 aliphatic rings. The van der Waals surface area contributed by atoms with Gasteiger partial charge in [0.15, 0.2) is 0 Å². The van der Waals surface area contributed by atoms with E-state index in [-0.39, 0.29) is 0 Å². The number of aromatic nitrogens is 2. The molecule has 112 valence electrons. The Morgan fingerprint density at radius 1 is 1.14 bits per heavy atom. The fourth-order valence-corrected chi connectivity index (χ4v) is 2.16. The first-order valence-electron chi connectivity index (χ1n) is 6.90. The van der Waals surface area contributed by atoms with E-state index in [0.29, 0.717) is 21.7 Å². The molecule has 0 aliphatic carbocycles. The van der Waals surface area contributed by atoms with Crippen molar-refractivity contribution in [2.45, 2.75) is 26.7 Å². The number of nitrogens with zero attached hydrogens (tertiary/aromatic N) is 2. The highest BCUT2D eigenvalue weighted by Crippen LogP contribution is 2.27. The lowest BCUT2D eigenvalue weighted by molar-refractivity contribution is 0.830. The van der Waals surface area contributed by atoms with E-state index in [2.05, 4.69) is 27.5 Å². The molecule has 0 radical (unpaired) electrons. The minimum atomic E-state index is 0.498. The molecule has 0 spiro atoms. The largest absolute Gasteiger partial charge is 0.370 e. The molecule has 0 unspecified atom stereocenters. The number of unbranched alkanes of at least 4 members (excludes halogenated alkanes) is 1. The molecule has 2 aromatic rings. The molecule has 4 nitrogen and oxygen atoms in total. The van der Waals surface area contributed by atoms with Crippen LogP contribution in [0, 0.1) is 6.92 Å². The molecule has 0 aliphatic heterocycles. The highest BCUT2D eigenvalue weighted by molar-refractivity contribution is 6.35. The molecular formula is C15H18Cl2N4. The van der Waals surface area contributed by atoms with Gasteiger partial charge in [0.1, 0.15) is 5.82 Å². The molecule has 0 saturated heterocycles. The fraction of sp³-hybridized carbons (Fsp3) is 0.333. The lowest BCUT2D eigenvalue weighted by atomic mass is 10.3. The van der Waals surface area contributed by atoms with Gasteiger partial charge in [0.2, 0.25) is 5.95 Å². The third-order valence-electron chi connectivity index (χ3n) is 2.87. The molecule has 2 N–H and O–H groups in total. The van der Waals surface area contributed by atoms with Crippen LogP contribution in [0.2, 0.25) is 10.0 Å². The van der Waals surface area contributed by atoms with Crippen molar-refractivity contribution in [1.82, 2.24) is 9.97 Å². The van der Waals surface area contributed by atoms with Gasteiger partial charge in [0.25, 0.3) is 0 Å². The van der Waals surface area contributed by atoms with Crippen LogP contribution in [0.3, 0.4) is 0 Å². The predicted molar refractivity (Wildman–Crippen MR) is 89.9 cm³/mol. The Bertz CT molecular complexity index is 617. The zero-order valence-electron chi connectivity index (χ0n) is 12.1. The molecule has 0 amide bonds. The van der Waals surface area contributed by atoms with Crippen LogP contribution in [0.25, 0.3) is 0 Å². The molecule has 0 atom stereocenters. The number of nitrogens with one attached hydrogen (secondary N) is 2. The van der Waals surface area contributed by atoms with Gasteiger partial charge in [-0.1, -0.05) is 36.5 Å². The highest BCUT2D eigenvalue weighted by Gasteiger charge is 2.06. The minimum absolute atomic E-state index is 0.498. The Morgan fingerprint density at radius 2 is 1.95 bits per heavy atom. The standard InChI is InChI=1S/C15H18Cl2N4/c1-3-4-7-18-14-8-10(2)19-15(21-14)20-13-9-11(16)5-6-12(13)17/h5-6,8-9H,3-4,7H2,1-2H3,(H2,18,19,20,21). The first-order chi connectivity index (χ1) is 10.1. The molecule has 1 aromatic carbocycles. The normalized spacial score (nSPS) is 10.5. The molecule has 6 heteroatoms. The van der Waals surface area contributed by atoms with Crippen molar-refractivity contribution < 1.29 is 0 Å². The van der Waals surface area contributed by atoms with Gasteiger partial charge < -0.3 is 10.6 Å². The third-order valence-corrected chi connectivity index (χ3v) is 3.43. The summed E-state index contributed by atoms with van der Waals surface area (Å²) in [5.41, 5.74) is 1.57. The quantitative estimate of drug-likeness (QED) is 0.730. The van der Waals surface area contributed by atoms with Gasteiger partial charge in [-0.3, -0.25) is 0 Å². The van der Waals surface area contributed by atoms with E-state index in [1.54, 1.807) is 18.2 Å². The van der Waals surface area contributed by atoms with Crippen molar-refractivity contribution in [3.05, 3.63) is 40.0 Å². The van der Waals surface area contributed by atoms with Crippen LogP contribution in [0.5, 0.6) is 0 Å². The van der Waals surface area contributed by atoms with Crippen LogP contribution in [-0.4, -0.2) is 16.5 Å². The molecule has 0 saturated carbocycles. The highest BCUT2D eigenvalue weighted by atomic mass is 35.5. The van der Waals surface area contributed by atoms with Crippen molar-refractivity contribution in [3.63, 3.8) is 0 Å². The van der Waals surface area contributed by atoms with Crippen LogP contribution >= 0.6 is 23.2 Å². The smallest absolute Gasteiger partial charge is 0.229 e. The van der Waals surface area contributed by atoms with Gasteiger partial charge in [-0.2, -0.15) is 4.98 Å². The minimum Gasteiger partial charge on any atom is -0.370 e. The third kappa shape index (κ3) is 4.76. The average molecular weight is 325 g/mol. The summed E-state index contributed by atoms with van der Waals surface area (Å²) in [4.78, 5) is 8.80. The number of anilines is 3. The molecule has 21 heavy (non-hydrogen) atoms. The Kier molecular flexibility index (Phi) is 5.65. The summed E-state index contributed by atoms with van der Waals surface area (Å²) in [6, 6.07) is 7.15. The van der Waals surface area contributed by atoms with Crippen LogP contribution in [0.15, 0.2) is 24.3 Å². The summed E-state index contributed by atoms with van der Waals surface area (Å²) in [5, 5.41) is 7.58. The number of halogens is 2. The maximum Gasteiger partial charge on any atom is 0.229 e. The Morgan fingerprint density at radius 3 is 2.71 bits per heavy atom. The van der Waals surface area contributed by atoms with Crippen LogP contribution in [0.4, 0.5) is 17.5 Å². The van der Waals surface area contributed by atoms with E-state index in [1.807, 2.05) is 13.0 Å². The maximum atomic E-state index is 6.14. The summed E-state index contributed by atoms with van der Waals surface area (Å²) in [6.07, 6.45) is 2.24. The van der Waals surface area contributed by atoms with Crippen LogP contribution < -0.4 is 10.6 Å². The van der Waals surface area contributed by atoms with Crippen LogP contribution in [-0.2, 0) is 0 Å². The van der Waals surface area contributed by atoms with Crippen LogP contribution in [0.1, 0.15) is 25.5 Å². The van der Waals surface area contributed by atoms with E-state index >= 15 is 0 Å². The van der Waals surface area contributed by atoms with Gasteiger partial charge >= 0.3 is 0 Å². The Labute approximate surface area is 134 Å². The van der Waals surface area contributed by atoms with Gasteiger partial charge in [0, 0.05) is 23.3 Å². The van der Waals surface area contributed by atoms with E-state index in [1.165, 1.54) is 0 Å². The van der Waals surface area contributed by atoms with Gasteiger partial charge in [-0.05, 0) is 31.5 Å². The lowest BCUT2D eigenvalue weighted by Gasteiger charge is -2.11. The van der Waals surface area contributed by atoms with Gasteiger partial charge in [0.05, 0.1) is 10.7 Å². The van der Waals surface area contributed by atoms with Crippen molar-refractivity contribution in [2.24, 2.45) is 0 Å². The summed E-state index contributed by atoms with van der Waals surface area (Å²) < 4.78 is 0. The summed E-state index contributed by atoms with van der Waals surface area (Å²) >= 11 is 12.1. The molecule has 0 bridgehead atoms. The first kappa shape index (κ1) is 15.9. The second-order valence-electron chi connectivity index (χ2n) is 4.75. The number of hydrogen-bond donors (Lipinski definition) is 2.